The van der Waals surface area contributed by atoms with Gasteiger partial charge in [-0.1, -0.05) is 5.16 Å². The van der Waals surface area contributed by atoms with E-state index in [1.165, 1.54) is 31.1 Å². The number of hydrogen-bond donors (Lipinski definition) is 1. The van der Waals surface area contributed by atoms with Crippen molar-refractivity contribution in [1.29, 1.82) is 0 Å². The van der Waals surface area contributed by atoms with Crippen LogP contribution < -0.4 is 10.2 Å². The number of carbonyl (C=O) groups excluding carboxylic acids is 1. The van der Waals surface area contributed by atoms with Crippen molar-refractivity contribution in [3.05, 3.63) is 41.7 Å². The third-order valence-corrected chi connectivity index (χ3v) is 4.73. The second kappa shape index (κ2) is 7.53. The molecule has 3 aromatic rings. The van der Waals surface area contributed by atoms with E-state index in [-0.39, 0.29) is 17.4 Å². The number of halogens is 5. The molecule has 14 heteroatoms. The van der Waals surface area contributed by atoms with Crippen LogP contribution in [0.4, 0.5) is 27.8 Å². The first-order valence-electron chi connectivity index (χ1n) is 9.28. The lowest BCUT2D eigenvalue weighted by atomic mass is 10.1. The van der Waals surface area contributed by atoms with Gasteiger partial charge >= 0.3 is 6.18 Å². The number of amides is 1. The molecule has 1 fully saturated rings. The minimum Gasteiger partial charge on any atom is -0.344 e. The average Bonchev–Trinajstić information content (AvgIpc) is 3.33. The van der Waals surface area contributed by atoms with Gasteiger partial charge in [-0.05, 0) is 19.1 Å². The maximum absolute atomic E-state index is 13.1. The van der Waals surface area contributed by atoms with E-state index in [9.17, 15) is 26.7 Å². The number of carbonyl (C=O) groups is 1. The number of alkyl halides is 5. The Labute approximate surface area is 177 Å². The van der Waals surface area contributed by atoms with Gasteiger partial charge in [0.25, 0.3) is 11.8 Å². The highest BCUT2D eigenvalue weighted by Crippen LogP contribution is 2.32. The zero-order chi connectivity index (χ0) is 23.3. The molecule has 0 bridgehead atoms. The van der Waals surface area contributed by atoms with Crippen LogP contribution in [0.25, 0.3) is 11.4 Å². The van der Waals surface area contributed by atoms with Gasteiger partial charge in [-0.15, -0.1) is 0 Å². The minimum atomic E-state index is -4.68. The molecule has 0 spiro atoms. The quantitative estimate of drug-likeness (QED) is 0.588. The third-order valence-electron chi connectivity index (χ3n) is 4.73. The van der Waals surface area contributed by atoms with Crippen molar-refractivity contribution in [2.75, 3.05) is 18.0 Å². The molecule has 3 aromatic heterocycles. The van der Waals surface area contributed by atoms with Crippen molar-refractivity contribution in [2.24, 2.45) is 7.05 Å². The summed E-state index contributed by atoms with van der Waals surface area (Å²) >= 11 is 0. The van der Waals surface area contributed by atoms with Crippen LogP contribution in [-0.4, -0.2) is 49.8 Å². The summed E-state index contributed by atoms with van der Waals surface area (Å²) in [4.78, 5) is 22.0. The summed E-state index contributed by atoms with van der Waals surface area (Å²) in [5.74, 6) is -3.10. The summed E-state index contributed by atoms with van der Waals surface area (Å²) in [6.45, 7) is 0.637. The Morgan fingerprint density at radius 1 is 1.28 bits per heavy atom. The van der Waals surface area contributed by atoms with Crippen molar-refractivity contribution in [3.8, 4) is 11.4 Å². The van der Waals surface area contributed by atoms with Crippen LogP contribution in [0, 0.1) is 0 Å². The maximum atomic E-state index is 13.1. The molecular weight excluding hydrogens is 441 g/mol. The van der Waals surface area contributed by atoms with E-state index in [4.69, 9.17) is 4.52 Å². The SMILES string of the molecule is C[C@H](NC(=O)c1cc(C(F)(F)F)nn1C)c1nc(-c2ccnc(N3CC(F)(F)C3)c2)no1. The summed E-state index contributed by atoms with van der Waals surface area (Å²) < 4.78 is 70.5. The second-order valence-corrected chi connectivity index (χ2v) is 7.30. The van der Waals surface area contributed by atoms with Gasteiger partial charge in [0.05, 0.1) is 13.1 Å². The second-order valence-electron chi connectivity index (χ2n) is 7.30. The lowest BCUT2D eigenvalue weighted by Crippen LogP contribution is -2.56. The molecule has 0 unspecified atom stereocenters. The molecular formula is C18H16F5N7O2. The number of hydrogen-bond acceptors (Lipinski definition) is 7. The molecule has 32 heavy (non-hydrogen) atoms. The number of aromatic nitrogens is 5. The molecule has 4 heterocycles. The highest BCUT2D eigenvalue weighted by molar-refractivity contribution is 5.92. The topological polar surface area (TPSA) is 102 Å². The van der Waals surface area contributed by atoms with Gasteiger partial charge in [-0.3, -0.25) is 9.48 Å². The summed E-state index contributed by atoms with van der Waals surface area (Å²) in [6.07, 6.45) is -3.26. The minimum absolute atomic E-state index is 0.000379. The fraction of sp³-hybridized carbons (Fsp3) is 0.389. The summed E-state index contributed by atoms with van der Waals surface area (Å²) in [5, 5.41) is 9.58. The molecule has 0 saturated carbocycles. The highest BCUT2D eigenvalue weighted by atomic mass is 19.4. The Kier molecular flexibility index (Phi) is 5.09. The molecule has 1 aliphatic heterocycles. The van der Waals surface area contributed by atoms with E-state index in [0.717, 1.165) is 4.68 Å². The fourth-order valence-electron chi connectivity index (χ4n) is 3.08. The summed E-state index contributed by atoms with van der Waals surface area (Å²) in [5.41, 5.74) is -1.03. The van der Waals surface area contributed by atoms with Crippen molar-refractivity contribution in [3.63, 3.8) is 0 Å². The largest absolute Gasteiger partial charge is 0.435 e. The van der Waals surface area contributed by atoms with Crippen LogP contribution >= 0.6 is 0 Å². The van der Waals surface area contributed by atoms with E-state index in [0.29, 0.717) is 17.4 Å². The number of anilines is 1. The Hall–Kier alpha value is -3.58. The number of aryl methyl sites for hydroxylation is 1. The third kappa shape index (κ3) is 4.24. The van der Waals surface area contributed by atoms with Crippen LogP contribution in [-0.2, 0) is 13.2 Å². The molecule has 1 N–H and O–H groups in total. The first-order valence-corrected chi connectivity index (χ1v) is 9.28. The van der Waals surface area contributed by atoms with Crippen molar-refractivity contribution in [2.45, 2.75) is 25.1 Å². The van der Waals surface area contributed by atoms with E-state index < -0.39 is 42.8 Å². The Balaban J connectivity index is 1.46. The molecule has 1 saturated heterocycles. The number of rotatable bonds is 5. The lowest BCUT2D eigenvalue weighted by molar-refractivity contribution is -0.141. The summed E-state index contributed by atoms with van der Waals surface area (Å²) in [7, 11) is 1.22. The Morgan fingerprint density at radius 2 is 2.00 bits per heavy atom. The predicted octanol–water partition coefficient (Wildman–Crippen LogP) is 2.83. The van der Waals surface area contributed by atoms with Crippen molar-refractivity contribution in [1.82, 2.24) is 30.2 Å². The molecule has 1 atom stereocenters. The normalized spacial score (nSPS) is 16.5. The monoisotopic (exact) mass is 457 g/mol. The maximum Gasteiger partial charge on any atom is 0.435 e. The average molecular weight is 457 g/mol. The lowest BCUT2D eigenvalue weighted by Gasteiger charge is -2.39. The molecule has 9 nitrogen and oxygen atoms in total. The van der Waals surface area contributed by atoms with E-state index in [1.807, 2.05) is 0 Å². The standard InChI is InChI=1S/C18H16F5N7O2/c1-9(25-15(31)11-6-12(18(21,22)23)27-29(11)2)16-26-14(28-32-16)10-3-4-24-13(5-10)30-7-17(19,20)8-30/h3-6,9H,7-8H2,1-2H3,(H,25,31)/t9-/m0/s1. The molecule has 0 radical (unpaired) electrons. The van der Waals surface area contributed by atoms with Gasteiger partial charge in [-0.25, -0.2) is 13.8 Å². The molecule has 0 aliphatic carbocycles. The fourth-order valence-corrected chi connectivity index (χ4v) is 3.08. The molecule has 1 amide bonds. The smallest absolute Gasteiger partial charge is 0.344 e. The van der Waals surface area contributed by atoms with E-state index >= 15 is 0 Å². The van der Waals surface area contributed by atoms with Crippen molar-refractivity contribution >= 4 is 11.7 Å². The summed E-state index contributed by atoms with van der Waals surface area (Å²) in [6, 6.07) is 2.90. The van der Waals surface area contributed by atoms with Crippen molar-refractivity contribution < 1.29 is 31.3 Å². The van der Waals surface area contributed by atoms with Crippen LogP contribution in [0.2, 0.25) is 0 Å². The van der Waals surface area contributed by atoms with Gasteiger partial charge < -0.3 is 14.7 Å². The molecule has 170 valence electrons. The van der Waals surface area contributed by atoms with Crippen LogP contribution in [0.15, 0.2) is 28.9 Å². The van der Waals surface area contributed by atoms with Crippen LogP contribution in [0.1, 0.15) is 35.0 Å². The Bertz CT molecular complexity index is 1150. The molecule has 1 aliphatic rings. The number of nitrogens with zero attached hydrogens (tertiary/aromatic N) is 6. The first kappa shape index (κ1) is 21.6. The molecule has 4 rings (SSSR count). The van der Waals surface area contributed by atoms with E-state index in [2.05, 4.69) is 25.5 Å². The molecule has 0 aromatic carbocycles. The van der Waals surface area contributed by atoms with Gasteiger partial charge in [-0.2, -0.15) is 23.3 Å². The predicted molar refractivity (Wildman–Crippen MR) is 98.8 cm³/mol. The number of pyridine rings is 1. The van der Waals surface area contributed by atoms with Crippen LogP contribution in [0.5, 0.6) is 0 Å². The Morgan fingerprint density at radius 3 is 2.62 bits per heavy atom. The number of nitrogens with one attached hydrogen (secondary N) is 1. The highest BCUT2D eigenvalue weighted by Gasteiger charge is 2.44. The zero-order valence-corrected chi connectivity index (χ0v) is 16.7. The zero-order valence-electron chi connectivity index (χ0n) is 16.7. The van der Waals surface area contributed by atoms with E-state index in [1.54, 1.807) is 6.07 Å². The van der Waals surface area contributed by atoms with Gasteiger partial charge in [0, 0.05) is 24.9 Å². The first-order chi connectivity index (χ1) is 14.9. The van der Waals surface area contributed by atoms with Gasteiger partial charge in [0.15, 0.2) is 5.69 Å². The van der Waals surface area contributed by atoms with Gasteiger partial charge in [0.2, 0.25) is 11.7 Å². The van der Waals surface area contributed by atoms with Gasteiger partial charge in [0.1, 0.15) is 17.6 Å². The van der Waals surface area contributed by atoms with Crippen LogP contribution in [0.3, 0.4) is 0 Å².